The predicted molar refractivity (Wildman–Crippen MR) is 115 cm³/mol. The minimum Gasteiger partial charge on any atom is -0.351 e. The number of aromatic nitrogens is 3. The Kier molecular flexibility index (Phi) is 7.19. The highest BCUT2D eigenvalue weighted by Crippen LogP contribution is 2.34. The number of benzene rings is 2. The van der Waals surface area contributed by atoms with Crippen LogP contribution in [0.25, 0.3) is 17.1 Å². The molecule has 0 aliphatic rings. The number of nitrogens with two attached hydrogens (primary N) is 1. The molecule has 0 atom stereocenters. The third-order valence-corrected chi connectivity index (χ3v) is 5.56. The van der Waals surface area contributed by atoms with E-state index < -0.39 is 17.8 Å². The summed E-state index contributed by atoms with van der Waals surface area (Å²) in [5.41, 5.74) is 5.97. The van der Waals surface area contributed by atoms with Crippen molar-refractivity contribution in [3.05, 3.63) is 57.3 Å². The Hall–Kier alpha value is -2.33. The first-order valence-corrected chi connectivity index (χ1v) is 10.5. The highest BCUT2D eigenvalue weighted by molar-refractivity contribution is 7.99. The van der Waals surface area contributed by atoms with Crippen LogP contribution in [0.2, 0.25) is 15.1 Å². The van der Waals surface area contributed by atoms with E-state index in [-0.39, 0.29) is 17.2 Å². The van der Waals surface area contributed by atoms with Gasteiger partial charge in [-0.2, -0.15) is 0 Å². The van der Waals surface area contributed by atoms with Gasteiger partial charge in [0.2, 0.25) is 5.91 Å². The van der Waals surface area contributed by atoms with E-state index in [2.05, 4.69) is 10.2 Å². The van der Waals surface area contributed by atoms with Gasteiger partial charge in [-0.1, -0.05) is 46.6 Å². The molecule has 7 nitrogen and oxygen atoms in total. The first-order valence-electron chi connectivity index (χ1n) is 8.34. The van der Waals surface area contributed by atoms with Gasteiger partial charge in [0.25, 0.3) is 0 Å². The van der Waals surface area contributed by atoms with Crippen LogP contribution in [0.15, 0.2) is 41.6 Å². The average molecular weight is 489 g/mol. The fourth-order valence-corrected chi connectivity index (χ4v) is 4.06. The van der Waals surface area contributed by atoms with Crippen LogP contribution < -0.4 is 11.1 Å². The van der Waals surface area contributed by atoms with Crippen LogP contribution in [0.3, 0.4) is 0 Å². The number of hydrogen-bond acceptors (Lipinski definition) is 5. The largest absolute Gasteiger partial charge is 0.351 e. The number of urea groups is 1. The molecule has 30 heavy (non-hydrogen) atoms. The maximum atomic E-state index is 13.7. The third kappa shape index (κ3) is 5.23. The van der Waals surface area contributed by atoms with Gasteiger partial charge in [0, 0.05) is 22.8 Å². The van der Waals surface area contributed by atoms with Gasteiger partial charge in [0.15, 0.2) is 11.0 Å². The summed E-state index contributed by atoms with van der Waals surface area (Å²) in [5, 5.41) is 11.5. The van der Waals surface area contributed by atoms with Gasteiger partial charge >= 0.3 is 6.03 Å². The maximum absolute atomic E-state index is 13.7. The monoisotopic (exact) mass is 487 g/mol. The number of carbonyl (C=O) groups is 2. The summed E-state index contributed by atoms with van der Waals surface area (Å²) < 4.78 is 15.3. The number of hydrogen-bond donors (Lipinski definition) is 2. The van der Waals surface area contributed by atoms with E-state index in [9.17, 15) is 14.0 Å². The molecule has 3 aromatic rings. The van der Waals surface area contributed by atoms with Gasteiger partial charge in [0.1, 0.15) is 5.82 Å². The molecular weight excluding hydrogens is 476 g/mol. The number of nitrogens with one attached hydrogen (secondary N) is 1. The van der Waals surface area contributed by atoms with Gasteiger partial charge < -0.3 is 5.73 Å². The quantitative estimate of drug-likeness (QED) is 0.489. The number of thioether (sulfide) groups is 1. The van der Waals surface area contributed by atoms with Crippen molar-refractivity contribution < 1.29 is 14.0 Å². The van der Waals surface area contributed by atoms with Crippen LogP contribution >= 0.6 is 46.6 Å². The van der Waals surface area contributed by atoms with Crippen molar-refractivity contribution in [3.8, 4) is 17.1 Å². The molecule has 3 amide bonds. The van der Waals surface area contributed by atoms with E-state index in [0.717, 1.165) is 0 Å². The number of primary amides is 1. The van der Waals surface area contributed by atoms with Gasteiger partial charge in [-0.05, 0) is 36.4 Å². The third-order valence-electron chi connectivity index (χ3n) is 3.79. The smallest absolute Gasteiger partial charge is 0.318 e. The fraction of sp³-hybridized carbons (Fsp3) is 0.111. The molecule has 3 rings (SSSR count). The van der Waals surface area contributed by atoms with Crippen molar-refractivity contribution in [1.82, 2.24) is 20.1 Å². The van der Waals surface area contributed by atoms with Crippen molar-refractivity contribution in [2.75, 3.05) is 5.75 Å². The Morgan fingerprint density at radius 2 is 1.87 bits per heavy atom. The summed E-state index contributed by atoms with van der Waals surface area (Å²) in [6, 6.07) is 8.15. The molecule has 0 aliphatic heterocycles. The van der Waals surface area contributed by atoms with Crippen molar-refractivity contribution in [2.24, 2.45) is 5.73 Å². The van der Waals surface area contributed by atoms with Crippen LogP contribution in [0.1, 0.15) is 6.42 Å². The molecule has 0 bridgehead atoms. The van der Waals surface area contributed by atoms with Crippen LogP contribution in [-0.2, 0) is 4.79 Å². The lowest BCUT2D eigenvalue weighted by Gasteiger charge is -2.12. The van der Waals surface area contributed by atoms with E-state index in [1.54, 1.807) is 22.8 Å². The summed E-state index contributed by atoms with van der Waals surface area (Å²) in [7, 11) is 0. The Bertz CT molecular complexity index is 1130. The minimum absolute atomic E-state index is 0.0156. The standard InChI is InChI=1S/C18H13Cl3FN5O2S/c19-9-1-3-11(12(20)7-9)16-25-26-18(30-6-5-15(28)24-17(23)29)27(16)10-2-4-14(22)13(21)8-10/h1-4,7-8H,5-6H2,(H3,23,24,28,29). The van der Waals surface area contributed by atoms with Gasteiger partial charge in [-0.15, -0.1) is 10.2 Å². The molecule has 0 saturated carbocycles. The molecule has 2 aromatic carbocycles. The number of halogens is 4. The number of amides is 3. The number of nitrogens with zero attached hydrogens (tertiary/aromatic N) is 3. The summed E-state index contributed by atoms with van der Waals surface area (Å²) in [6.45, 7) is 0. The molecule has 0 saturated heterocycles. The fourth-order valence-electron chi connectivity index (χ4n) is 2.50. The minimum atomic E-state index is -0.922. The Morgan fingerprint density at radius 1 is 1.10 bits per heavy atom. The summed E-state index contributed by atoms with van der Waals surface area (Å²) in [4.78, 5) is 22.4. The predicted octanol–water partition coefficient (Wildman–Crippen LogP) is 4.71. The molecule has 0 spiro atoms. The zero-order valence-corrected chi connectivity index (χ0v) is 18.1. The average Bonchev–Trinajstić information content (AvgIpc) is 3.07. The van der Waals surface area contributed by atoms with E-state index >= 15 is 0 Å². The van der Waals surface area contributed by atoms with Crippen LogP contribution in [-0.4, -0.2) is 32.5 Å². The van der Waals surface area contributed by atoms with Gasteiger partial charge in [-0.3, -0.25) is 14.7 Å². The topological polar surface area (TPSA) is 103 Å². The first-order chi connectivity index (χ1) is 14.3. The van der Waals surface area contributed by atoms with E-state index in [1.807, 2.05) is 5.32 Å². The molecule has 3 N–H and O–H groups in total. The number of carbonyl (C=O) groups excluding carboxylic acids is 2. The lowest BCUT2D eigenvalue weighted by molar-refractivity contribution is -0.119. The molecule has 0 radical (unpaired) electrons. The molecule has 0 fully saturated rings. The summed E-state index contributed by atoms with van der Waals surface area (Å²) in [5.74, 6) is -0.437. The number of imide groups is 1. The Balaban J connectivity index is 1.98. The highest BCUT2D eigenvalue weighted by Gasteiger charge is 2.19. The van der Waals surface area contributed by atoms with Crippen molar-refractivity contribution in [2.45, 2.75) is 11.6 Å². The second-order valence-electron chi connectivity index (χ2n) is 5.88. The van der Waals surface area contributed by atoms with Crippen LogP contribution in [0.5, 0.6) is 0 Å². The second-order valence-corrected chi connectivity index (χ2v) is 8.19. The zero-order chi connectivity index (χ0) is 21.8. The van der Waals surface area contributed by atoms with Crippen molar-refractivity contribution in [1.29, 1.82) is 0 Å². The van der Waals surface area contributed by atoms with Crippen LogP contribution in [0.4, 0.5) is 9.18 Å². The highest BCUT2D eigenvalue weighted by atomic mass is 35.5. The molecule has 1 heterocycles. The van der Waals surface area contributed by atoms with E-state index in [1.165, 1.54) is 30.0 Å². The lowest BCUT2D eigenvalue weighted by Crippen LogP contribution is -2.35. The van der Waals surface area contributed by atoms with Gasteiger partial charge in [-0.25, -0.2) is 9.18 Å². The van der Waals surface area contributed by atoms with E-state index in [0.29, 0.717) is 32.3 Å². The van der Waals surface area contributed by atoms with Crippen molar-refractivity contribution in [3.63, 3.8) is 0 Å². The van der Waals surface area contributed by atoms with Crippen LogP contribution in [0, 0.1) is 5.82 Å². The molecule has 0 unspecified atom stereocenters. The maximum Gasteiger partial charge on any atom is 0.318 e. The number of rotatable bonds is 6. The molecule has 12 heteroatoms. The molecular formula is C18H13Cl3FN5O2S. The molecule has 156 valence electrons. The van der Waals surface area contributed by atoms with E-state index in [4.69, 9.17) is 40.5 Å². The van der Waals surface area contributed by atoms with Crippen molar-refractivity contribution >= 4 is 58.5 Å². The molecule has 0 aliphatic carbocycles. The Labute approximate surface area is 189 Å². The lowest BCUT2D eigenvalue weighted by atomic mass is 10.2. The summed E-state index contributed by atoms with van der Waals surface area (Å²) in [6.07, 6.45) is 0.0156. The zero-order valence-electron chi connectivity index (χ0n) is 15.0. The first kappa shape index (κ1) is 22.4. The SMILES string of the molecule is NC(=O)NC(=O)CCSc1nnc(-c2ccc(Cl)cc2Cl)n1-c1ccc(F)c(Cl)c1. The van der Waals surface area contributed by atoms with Gasteiger partial charge in [0.05, 0.1) is 15.7 Å². The normalized spacial score (nSPS) is 10.8. The Morgan fingerprint density at radius 3 is 2.53 bits per heavy atom. The molecule has 1 aromatic heterocycles. The summed E-state index contributed by atoms with van der Waals surface area (Å²) >= 11 is 19.5. The second kappa shape index (κ2) is 9.65.